The molecule has 9 rings (SSSR count). The maximum Gasteiger partial charge on any atom is 0.178 e. The summed E-state index contributed by atoms with van der Waals surface area (Å²) in [5.41, 5.74) is 9.96. The third-order valence-electron chi connectivity index (χ3n) is 11.2. The number of hydrogen-bond acceptors (Lipinski definition) is 3. The molecule has 0 N–H and O–H groups in total. The van der Waals surface area contributed by atoms with Crippen molar-refractivity contribution in [3.8, 4) is 16.9 Å². The Morgan fingerprint density at radius 1 is 0.609 bits per heavy atom. The average Bonchev–Trinajstić information content (AvgIpc) is 3.41. The molecule has 1 spiro atoms. The van der Waals surface area contributed by atoms with Crippen LogP contribution in [0.2, 0.25) is 0 Å². The van der Waals surface area contributed by atoms with E-state index in [0.717, 1.165) is 43.2 Å². The minimum absolute atomic E-state index is 0.0146. The van der Waals surface area contributed by atoms with Crippen molar-refractivity contribution in [1.82, 2.24) is 0 Å². The molecule has 3 heteroatoms. The van der Waals surface area contributed by atoms with Crippen LogP contribution in [0.15, 0.2) is 109 Å². The van der Waals surface area contributed by atoms with Gasteiger partial charge in [0, 0.05) is 46.3 Å². The van der Waals surface area contributed by atoms with Crippen LogP contribution in [-0.4, -0.2) is 26.3 Å². The van der Waals surface area contributed by atoms with Crippen LogP contribution in [-0.2, 0) is 15.8 Å². The van der Waals surface area contributed by atoms with Gasteiger partial charge in [0.1, 0.15) is 5.75 Å². The summed E-state index contributed by atoms with van der Waals surface area (Å²) in [5.74, 6) is 1.02. The average molecular weight is 604 g/mol. The predicted molar refractivity (Wildman–Crippen MR) is 189 cm³/mol. The van der Waals surface area contributed by atoms with Crippen molar-refractivity contribution >= 4 is 22.5 Å². The molecule has 1 saturated carbocycles. The topological polar surface area (TPSA) is 21.7 Å². The summed E-state index contributed by atoms with van der Waals surface area (Å²) in [6, 6.07) is 38.1. The first-order chi connectivity index (χ1) is 22.8. The first-order valence-corrected chi connectivity index (χ1v) is 17.3. The maximum atomic E-state index is 7.58. The predicted octanol–water partition coefficient (Wildman–Crippen LogP) is 10.0. The molecule has 2 heterocycles. The molecule has 1 unspecified atom stereocenters. The molecule has 0 bridgehead atoms. The first-order valence-electron chi connectivity index (χ1n) is 17.3. The largest absolute Gasteiger partial charge is 0.472 e. The highest BCUT2D eigenvalue weighted by Crippen LogP contribution is 2.61. The van der Waals surface area contributed by atoms with Crippen LogP contribution >= 0.6 is 0 Å². The number of ether oxygens (including phenoxy) is 2. The molecular weight excluding hydrogens is 562 g/mol. The fourth-order valence-electron chi connectivity index (χ4n) is 9.05. The molecule has 230 valence electrons. The highest BCUT2D eigenvalue weighted by Gasteiger charge is 2.48. The molecule has 4 aliphatic rings. The SMILES string of the molecule is C1=CC(c2ccccc2)(c2ccc(N3CCOCC3)cc2)Oc2c1c1c(c3ccccc23)-c2ccccc2C12CCCCCCC2. The zero-order chi connectivity index (χ0) is 30.6. The van der Waals surface area contributed by atoms with Crippen LogP contribution in [0.3, 0.4) is 0 Å². The number of rotatable bonds is 3. The molecule has 0 amide bonds. The van der Waals surface area contributed by atoms with Gasteiger partial charge in [0.2, 0.25) is 0 Å². The maximum absolute atomic E-state index is 7.58. The molecule has 3 nitrogen and oxygen atoms in total. The molecule has 46 heavy (non-hydrogen) atoms. The van der Waals surface area contributed by atoms with Gasteiger partial charge in [-0.3, -0.25) is 0 Å². The molecule has 5 aromatic rings. The number of hydrogen-bond donors (Lipinski definition) is 0. The smallest absolute Gasteiger partial charge is 0.178 e. The van der Waals surface area contributed by atoms with Gasteiger partial charge in [-0.25, -0.2) is 0 Å². The Labute approximate surface area is 272 Å². The summed E-state index contributed by atoms with van der Waals surface area (Å²) in [6.07, 6.45) is 13.7. The van der Waals surface area contributed by atoms with Crippen molar-refractivity contribution in [2.45, 2.75) is 56.0 Å². The molecule has 0 radical (unpaired) electrons. The summed E-state index contributed by atoms with van der Waals surface area (Å²) in [6.45, 7) is 3.41. The van der Waals surface area contributed by atoms with Crippen LogP contribution in [0.4, 0.5) is 5.69 Å². The standard InChI is InChI=1S/C43H41NO2/c1-2-11-24-42(25-12-3-1)38-18-10-9-17-36(38)39-34-15-7-8-16-35(34)41-37(40(39)42)23-26-43(46-41,31-13-5-4-6-14-31)32-19-21-33(22-20-32)44-27-29-45-30-28-44/h4-10,13-23,26H,1-3,11-12,24-25,27-30H2. The van der Waals surface area contributed by atoms with Gasteiger partial charge in [0.15, 0.2) is 5.60 Å². The Bertz CT molecular complexity index is 1930. The molecule has 1 atom stereocenters. The van der Waals surface area contributed by atoms with E-state index in [1.54, 1.807) is 0 Å². The molecule has 0 aromatic heterocycles. The number of benzene rings is 5. The van der Waals surface area contributed by atoms with Crippen molar-refractivity contribution in [1.29, 1.82) is 0 Å². The quantitative estimate of drug-likeness (QED) is 0.205. The molecule has 2 aliphatic heterocycles. The van der Waals surface area contributed by atoms with Gasteiger partial charge in [-0.2, -0.15) is 0 Å². The van der Waals surface area contributed by atoms with E-state index in [-0.39, 0.29) is 5.41 Å². The Kier molecular flexibility index (Phi) is 6.78. The van der Waals surface area contributed by atoms with Gasteiger partial charge < -0.3 is 14.4 Å². The van der Waals surface area contributed by atoms with E-state index in [1.165, 1.54) is 89.2 Å². The van der Waals surface area contributed by atoms with Gasteiger partial charge in [-0.15, -0.1) is 0 Å². The Morgan fingerprint density at radius 3 is 2.04 bits per heavy atom. The van der Waals surface area contributed by atoms with E-state index in [0.29, 0.717) is 0 Å². The van der Waals surface area contributed by atoms with E-state index in [2.05, 4.69) is 120 Å². The Hall–Kier alpha value is -4.34. The number of morpholine rings is 1. The summed E-state index contributed by atoms with van der Waals surface area (Å²) < 4.78 is 13.2. The van der Waals surface area contributed by atoms with Gasteiger partial charge in [0.25, 0.3) is 0 Å². The Balaban J connectivity index is 1.27. The molecule has 1 saturated heterocycles. The second-order valence-corrected chi connectivity index (χ2v) is 13.6. The number of fused-ring (bicyclic) bond motifs is 10. The van der Waals surface area contributed by atoms with Gasteiger partial charge in [-0.1, -0.05) is 129 Å². The molecule has 2 fully saturated rings. The zero-order valence-corrected chi connectivity index (χ0v) is 26.5. The van der Waals surface area contributed by atoms with Gasteiger partial charge in [-0.05, 0) is 58.7 Å². The number of nitrogens with zero attached hydrogens (tertiary/aromatic N) is 1. The van der Waals surface area contributed by atoms with Crippen LogP contribution < -0.4 is 9.64 Å². The van der Waals surface area contributed by atoms with Crippen LogP contribution in [0.5, 0.6) is 5.75 Å². The van der Waals surface area contributed by atoms with Crippen molar-refractivity contribution in [2.75, 3.05) is 31.2 Å². The van der Waals surface area contributed by atoms with E-state index in [4.69, 9.17) is 9.47 Å². The summed E-state index contributed by atoms with van der Waals surface area (Å²) in [7, 11) is 0. The number of anilines is 1. The van der Waals surface area contributed by atoms with Crippen LogP contribution in [0, 0.1) is 0 Å². The minimum Gasteiger partial charge on any atom is -0.472 e. The third-order valence-corrected chi connectivity index (χ3v) is 11.2. The highest BCUT2D eigenvalue weighted by atomic mass is 16.5. The lowest BCUT2D eigenvalue weighted by Gasteiger charge is -2.40. The van der Waals surface area contributed by atoms with E-state index < -0.39 is 5.60 Å². The van der Waals surface area contributed by atoms with Crippen molar-refractivity contribution in [3.05, 3.63) is 137 Å². The normalized spacial score (nSPS) is 21.6. The zero-order valence-electron chi connectivity index (χ0n) is 26.5. The fourth-order valence-corrected chi connectivity index (χ4v) is 9.05. The minimum atomic E-state index is -0.742. The Morgan fingerprint density at radius 2 is 1.26 bits per heavy atom. The van der Waals surface area contributed by atoms with Crippen LogP contribution in [0.25, 0.3) is 28.0 Å². The second-order valence-electron chi connectivity index (χ2n) is 13.6. The lowest BCUT2D eigenvalue weighted by molar-refractivity contribution is 0.122. The summed E-state index contributed by atoms with van der Waals surface area (Å²) in [5, 5.41) is 2.51. The van der Waals surface area contributed by atoms with E-state index >= 15 is 0 Å². The van der Waals surface area contributed by atoms with Crippen molar-refractivity contribution in [3.63, 3.8) is 0 Å². The second kappa shape index (κ2) is 11.2. The summed E-state index contributed by atoms with van der Waals surface area (Å²) >= 11 is 0. The monoisotopic (exact) mass is 603 g/mol. The van der Waals surface area contributed by atoms with Crippen molar-refractivity contribution < 1.29 is 9.47 Å². The lowest BCUT2D eigenvalue weighted by Crippen LogP contribution is -2.37. The van der Waals surface area contributed by atoms with Gasteiger partial charge >= 0.3 is 0 Å². The lowest BCUT2D eigenvalue weighted by atomic mass is 9.67. The molecule has 5 aromatic carbocycles. The third kappa shape index (κ3) is 4.21. The summed E-state index contributed by atoms with van der Waals surface area (Å²) in [4.78, 5) is 2.41. The van der Waals surface area contributed by atoms with Crippen molar-refractivity contribution in [2.24, 2.45) is 0 Å². The van der Waals surface area contributed by atoms with E-state index in [9.17, 15) is 0 Å². The fraction of sp³-hybridized carbons (Fsp3) is 0.302. The van der Waals surface area contributed by atoms with E-state index in [1.807, 2.05) is 0 Å². The van der Waals surface area contributed by atoms with Crippen LogP contribution in [0.1, 0.15) is 72.8 Å². The first kappa shape index (κ1) is 27.9. The van der Waals surface area contributed by atoms with Gasteiger partial charge in [0.05, 0.1) is 13.2 Å². The highest BCUT2D eigenvalue weighted by molar-refractivity contribution is 6.08. The molecule has 2 aliphatic carbocycles. The molecular formula is C43H41NO2.